The normalized spacial score (nSPS) is 22.1. The van der Waals surface area contributed by atoms with Crippen molar-refractivity contribution < 1.29 is 9.90 Å². The molecule has 2 unspecified atom stereocenters. The van der Waals surface area contributed by atoms with E-state index >= 15 is 0 Å². The fourth-order valence-corrected chi connectivity index (χ4v) is 10.4. The lowest BCUT2D eigenvalue weighted by molar-refractivity contribution is -0.136. The summed E-state index contributed by atoms with van der Waals surface area (Å²) in [5.41, 5.74) is 9.36. The van der Waals surface area contributed by atoms with Crippen LogP contribution in [0.5, 0.6) is 0 Å². The molecule has 14 heteroatoms. The van der Waals surface area contributed by atoms with Crippen molar-refractivity contribution in [3.63, 3.8) is 0 Å². The quantitative estimate of drug-likeness (QED) is 0.120. The monoisotopic (exact) mass is 835 g/mol. The second kappa shape index (κ2) is 18.4. The van der Waals surface area contributed by atoms with Gasteiger partial charge in [0.05, 0.1) is 17.8 Å². The molecule has 2 aromatic carbocycles. The van der Waals surface area contributed by atoms with Gasteiger partial charge >= 0.3 is 5.97 Å². The minimum atomic E-state index is -3.36. The maximum absolute atomic E-state index is 11.6. The number of fused-ring (bicyclic) bond motifs is 4. The predicted molar refractivity (Wildman–Crippen MR) is 242 cm³/mol. The smallest absolute Gasteiger partial charge is 0.304 e. The van der Waals surface area contributed by atoms with Gasteiger partial charge in [0.1, 0.15) is 0 Å². The lowest BCUT2D eigenvalue weighted by Crippen LogP contribution is -2.27. The van der Waals surface area contributed by atoms with Crippen LogP contribution >= 0.6 is 47.6 Å². The number of carboxylic acid groups (broad SMARTS) is 1. The van der Waals surface area contributed by atoms with Gasteiger partial charge in [0, 0.05) is 63.8 Å². The number of aryl methyl sites for hydroxylation is 1. The second-order valence-electron chi connectivity index (χ2n) is 15.7. The van der Waals surface area contributed by atoms with Crippen molar-refractivity contribution in [1.82, 2.24) is 0 Å². The molecule has 1 saturated carbocycles. The molecule has 4 aliphatic rings. The highest BCUT2D eigenvalue weighted by molar-refractivity contribution is 8.30. The number of nitroso groups, excluding NO2 is 3. The van der Waals surface area contributed by atoms with Crippen LogP contribution in [0, 0.1) is 33.5 Å². The summed E-state index contributed by atoms with van der Waals surface area (Å²) >= 11 is 10.2. The van der Waals surface area contributed by atoms with Crippen LogP contribution in [0.4, 0.5) is 11.4 Å². The van der Waals surface area contributed by atoms with Crippen LogP contribution in [0.25, 0.3) is 0 Å². The Kier molecular flexibility index (Phi) is 14.4. The largest absolute Gasteiger partial charge is 0.481 e. The third-order valence-corrected chi connectivity index (χ3v) is 14.7. The lowest BCUT2D eigenvalue weighted by atomic mass is 9.79. The molecule has 2 atom stereocenters. The van der Waals surface area contributed by atoms with Gasteiger partial charge in [0.2, 0.25) is 0 Å². The van der Waals surface area contributed by atoms with Gasteiger partial charge < -0.3 is 10.0 Å². The standard InChI is InChI=1S/C39H45N5O5S3.C3H8S/c1-24-7-13-32-30(21-24)38(2,3)34(40-32)15-11-28-25-8-9-26(22-25)29(37(28)51-19-17-36(45)46)12-16-35-39(4,5)31-23-27(50)10-14-33(31)44(35)18-6-20-52(41-47,42-48)43-49;1-2-3-4/h7,10-16,21,23,25-26,50H,6,8-9,17-20,22H2,1-5H3,(H,45,46);4H,2-3H2,1H3/b15-11+,29-12-,35-16+;. The summed E-state index contributed by atoms with van der Waals surface area (Å²) in [6, 6.07) is 12.4. The number of thiol groups is 2. The van der Waals surface area contributed by atoms with Crippen LogP contribution in [0.2, 0.25) is 0 Å². The maximum atomic E-state index is 11.6. The Bertz CT molecular complexity index is 2000. The number of allylic oxidation sites excluding steroid dienone is 7. The van der Waals surface area contributed by atoms with Crippen LogP contribution in [0.15, 0.2) is 106 Å². The van der Waals surface area contributed by atoms with Gasteiger partial charge in [-0.05, 0) is 115 Å². The maximum Gasteiger partial charge on any atom is 0.304 e. The van der Waals surface area contributed by atoms with E-state index in [0.29, 0.717) is 30.6 Å². The van der Waals surface area contributed by atoms with Gasteiger partial charge in [-0.2, -0.15) is 12.6 Å². The molecule has 2 heterocycles. The fraction of sp³-hybridized carbons (Fsp3) is 0.476. The molecule has 0 aromatic heterocycles. The van der Waals surface area contributed by atoms with E-state index in [1.54, 1.807) is 11.8 Å². The molecule has 0 amide bonds. The zero-order valence-corrected chi connectivity index (χ0v) is 36.4. The van der Waals surface area contributed by atoms with Crippen molar-refractivity contribution in [3.8, 4) is 0 Å². The lowest BCUT2D eigenvalue weighted by Gasteiger charge is -2.29. The summed E-state index contributed by atoms with van der Waals surface area (Å²) in [6.45, 7) is 13.4. The van der Waals surface area contributed by atoms with Crippen molar-refractivity contribution >= 4 is 70.7 Å². The Morgan fingerprint density at radius 2 is 1.70 bits per heavy atom. The Morgan fingerprint density at radius 3 is 2.36 bits per heavy atom. The Labute approximate surface area is 347 Å². The summed E-state index contributed by atoms with van der Waals surface area (Å²) in [5, 5.41) is 9.55. The summed E-state index contributed by atoms with van der Waals surface area (Å²) in [7, 11) is -3.36. The number of carboxylic acids is 1. The first-order chi connectivity index (χ1) is 26.7. The second-order valence-corrected chi connectivity index (χ2v) is 19.9. The molecule has 0 spiro atoms. The fourth-order valence-electron chi connectivity index (χ4n) is 8.13. The summed E-state index contributed by atoms with van der Waals surface area (Å²) in [4.78, 5) is 54.9. The molecular weight excluding hydrogens is 783 g/mol. The average Bonchev–Trinajstić information content (AvgIpc) is 3.78. The highest BCUT2D eigenvalue weighted by Gasteiger charge is 2.42. The van der Waals surface area contributed by atoms with E-state index in [1.807, 2.05) is 12.1 Å². The molecule has 56 heavy (non-hydrogen) atoms. The number of anilines is 1. The predicted octanol–water partition coefficient (Wildman–Crippen LogP) is 12.3. The summed E-state index contributed by atoms with van der Waals surface area (Å²) in [5.74, 6) is 1.28. The number of carbonyl (C=O) groups is 1. The van der Waals surface area contributed by atoms with E-state index in [9.17, 15) is 24.6 Å². The molecule has 0 radical (unpaired) electrons. The molecule has 1 N–H and O–H groups in total. The molecular formula is C42H53N5O5S4. The van der Waals surface area contributed by atoms with Gasteiger partial charge in [-0.3, -0.25) is 9.79 Å². The number of benzene rings is 2. The summed E-state index contributed by atoms with van der Waals surface area (Å²) < 4.78 is 8.16. The van der Waals surface area contributed by atoms with Crippen molar-refractivity contribution in [2.45, 2.75) is 95.8 Å². The van der Waals surface area contributed by atoms with E-state index in [1.165, 1.54) is 28.7 Å². The molecule has 2 bridgehead atoms. The Balaban J connectivity index is 0.00000143. The van der Waals surface area contributed by atoms with Crippen molar-refractivity contribution in [3.05, 3.63) is 114 Å². The topological polar surface area (TPSA) is 141 Å². The van der Waals surface area contributed by atoms with E-state index in [2.05, 4.69) is 134 Å². The zero-order chi connectivity index (χ0) is 40.8. The van der Waals surface area contributed by atoms with Gasteiger partial charge in [0.15, 0.2) is 10.6 Å². The Morgan fingerprint density at radius 1 is 1.00 bits per heavy atom. The molecule has 6 rings (SSSR count). The number of aliphatic carboxylic acids is 1. The van der Waals surface area contributed by atoms with Crippen LogP contribution in [-0.4, -0.2) is 40.6 Å². The third kappa shape index (κ3) is 9.13. The first-order valence-corrected chi connectivity index (χ1v) is 22.9. The number of hydrogen-bond donors (Lipinski definition) is 3. The molecule has 2 aliphatic heterocycles. The molecule has 300 valence electrons. The van der Waals surface area contributed by atoms with Crippen molar-refractivity contribution in [1.29, 1.82) is 0 Å². The molecule has 2 aromatic rings. The number of rotatable bonds is 15. The molecule has 0 saturated heterocycles. The minimum Gasteiger partial charge on any atom is -0.481 e. The van der Waals surface area contributed by atoms with Crippen molar-refractivity contribution in [2.24, 2.45) is 30.6 Å². The van der Waals surface area contributed by atoms with Gasteiger partial charge in [-0.1, -0.05) is 64.5 Å². The summed E-state index contributed by atoms with van der Waals surface area (Å²) in [6.07, 6.45) is 13.5. The first kappa shape index (κ1) is 43.7. The highest BCUT2D eigenvalue weighted by Crippen LogP contribution is 2.55. The number of thioether (sulfide) groups is 1. The minimum absolute atomic E-state index is 0.0653. The van der Waals surface area contributed by atoms with Gasteiger partial charge in [-0.15, -0.1) is 39.1 Å². The molecule has 2 aliphatic carbocycles. The number of nitrogens with zero attached hydrogens (tertiary/aromatic N) is 5. The van der Waals surface area contributed by atoms with E-state index in [4.69, 9.17) is 4.99 Å². The number of hydrogen-bond acceptors (Lipinski definition) is 12. The van der Waals surface area contributed by atoms with E-state index < -0.39 is 22.0 Å². The van der Waals surface area contributed by atoms with Crippen molar-refractivity contribution in [2.75, 3.05) is 28.7 Å². The van der Waals surface area contributed by atoms with Crippen LogP contribution in [-0.2, 0) is 15.6 Å². The van der Waals surface area contributed by atoms with Gasteiger partial charge in [0.25, 0.3) is 0 Å². The molecule has 10 nitrogen and oxygen atoms in total. The van der Waals surface area contributed by atoms with Crippen LogP contribution in [0.1, 0.15) is 89.8 Å². The first-order valence-electron chi connectivity index (χ1n) is 19.1. The van der Waals surface area contributed by atoms with Crippen LogP contribution < -0.4 is 4.90 Å². The number of aliphatic imine (C=N–C) groups is 1. The van der Waals surface area contributed by atoms with Gasteiger partial charge in [-0.25, -0.2) is 0 Å². The van der Waals surface area contributed by atoms with Crippen LogP contribution in [0.3, 0.4) is 0 Å². The molecule has 1 fully saturated rings. The average molecular weight is 836 g/mol. The Hall–Kier alpha value is -3.46. The highest BCUT2D eigenvalue weighted by atomic mass is 32.3. The zero-order valence-electron chi connectivity index (χ0n) is 33.0. The SMILES string of the molecule is CCCS.Cc1ccc2c(c1)C(C)(C)C(/C=C/C1=C(SCCC(=O)O)C(=C\C=C3\N(CCCS(N=O)(N=O)N=O)c4ccc(S)cc4C3(C)C)/C3CCC1C3)=N2. The third-order valence-electron chi connectivity index (χ3n) is 11.2. The van der Waals surface area contributed by atoms with E-state index in [-0.39, 0.29) is 17.6 Å². The van der Waals surface area contributed by atoms with E-state index in [0.717, 1.165) is 63.2 Å².